The van der Waals surface area contributed by atoms with Gasteiger partial charge in [0.25, 0.3) is 0 Å². The first-order valence-corrected chi connectivity index (χ1v) is 17.7. The van der Waals surface area contributed by atoms with E-state index >= 15 is 0 Å². The number of pyridine rings is 1. The normalized spacial score (nSPS) is 13.0. The summed E-state index contributed by atoms with van der Waals surface area (Å²) >= 11 is 0. The van der Waals surface area contributed by atoms with Crippen molar-refractivity contribution in [2.24, 2.45) is 0 Å². The molecule has 0 saturated carbocycles. The second kappa shape index (κ2) is 11.1. The first-order valence-electron chi connectivity index (χ1n) is 17.7. The summed E-state index contributed by atoms with van der Waals surface area (Å²) in [4.78, 5) is 10.3. The highest BCUT2D eigenvalue weighted by Crippen LogP contribution is 2.57. The van der Waals surface area contributed by atoms with Crippen LogP contribution in [0.2, 0.25) is 0 Å². The fraction of sp³-hybridized carbons (Fsp3) is 0.0208. The number of oxazole rings is 1. The monoisotopic (exact) mass is 676 g/mol. The van der Waals surface area contributed by atoms with E-state index in [1.165, 1.54) is 11.1 Å². The molecule has 3 heterocycles. The lowest BCUT2D eigenvalue weighted by atomic mass is 9.67. The summed E-state index contributed by atoms with van der Waals surface area (Å²) in [5.74, 6) is 0.549. The molecule has 1 aliphatic carbocycles. The van der Waals surface area contributed by atoms with Gasteiger partial charge in [0.1, 0.15) is 11.0 Å². The molecule has 3 aromatic heterocycles. The average Bonchev–Trinajstić information content (AvgIpc) is 3.88. The summed E-state index contributed by atoms with van der Waals surface area (Å²) in [5, 5.41) is 11.0. The molecule has 0 amide bonds. The molecule has 246 valence electrons. The Labute approximate surface area is 304 Å². The molecule has 0 N–H and O–H groups in total. The molecule has 0 unspecified atom stereocenters. The Kier molecular flexibility index (Phi) is 6.17. The first kappa shape index (κ1) is 29.4. The molecule has 5 heteroatoms. The summed E-state index contributed by atoms with van der Waals surface area (Å²) < 4.78 is 8.35. The van der Waals surface area contributed by atoms with Crippen LogP contribution in [0, 0.1) is 11.3 Å². The van der Waals surface area contributed by atoms with Crippen LogP contribution < -0.4 is 0 Å². The first-order chi connectivity index (χ1) is 26.2. The topological polar surface area (TPSA) is 67.1 Å². The highest BCUT2D eigenvalue weighted by Gasteiger charge is 2.46. The van der Waals surface area contributed by atoms with E-state index in [0.29, 0.717) is 11.4 Å². The van der Waals surface area contributed by atoms with Crippen molar-refractivity contribution < 1.29 is 4.42 Å². The maximum absolute atomic E-state index is 10.1. The van der Waals surface area contributed by atoms with Crippen LogP contribution in [0.1, 0.15) is 27.8 Å². The third kappa shape index (κ3) is 4.12. The minimum atomic E-state index is -0.620. The van der Waals surface area contributed by atoms with Crippen LogP contribution >= 0.6 is 0 Å². The third-order valence-corrected chi connectivity index (χ3v) is 10.9. The van der Waals surface area contributed by atoms with Gasteiger partial charge in [-0.25, -0.2) is 4.98 Å². The summed E-state index contributed by atoms with van der Waals surface area (Å²) in [6.07, 6.45) is 0. The summed E-state index contributed by atoms with van der Waals surface area (Å²) in [6, 6.07) is 61.6. The van der Waals surface area contributed by atoms with Crippen LogP contribution in [0.25, 0.3) is 72.4 Å². The Bertz CT molecular complexity index is 3090. The zero-order valence-corrected chi connectivity index (χ0v) is 28.4. The van der Waals surface area contributed by atoms with Gasteiger partial charge in [-0.05, 0) is 87.0 Å². The second-order valence-corrected chi connectivity index (χ2v) is 13.7. The maximum Gasteiger partial charge on any atom is 0.307 e. The van der Waals surface area contributed by atoms with Crippen molar-refractivity contribution in [2.75, 3.05) is 0 Å². The lowest BCUT2D eigenvalue weighted by Crippen LogP contribution is -2.28. The summed E-state index contributed by atoms with van der Waals surface area (Å²) in [5.41, 5.74) is 15.4. The van der Waals surface area contributed by atoms with E-state index in [4.69, 9.17) is 14.4 Å². The molecule has 0 saturated heterocycles. The predicted octanol–water partition coefficient (Wildman–Crippen LogP) is 11.4. The summed E-state index contributed by atoms with van der Waals surface area (Å²) in [7, 11) is 0. The standard InChI is InChI=1S/C48H28N4O/c49-29-30-22-24-36-37-25-23-32(28-40(37)48(39(36)26-30,34-14-3-1-4-15-34)35-16-5-2-6-17-35)31-12-11-13-33(27-31)44-46-45(38-18-7-8-19-41(38)50-44)51-47-52(46)42-20-9-10-21-43(42)53-47/h1-28H. The van der Waals surface area contributed by atoms with Gasteiger partial charge >= 0.3 is 5.84 Å². The SMILES string of the molecule is N#Cc1ccc2c(c1)C(c1ccccc1)(c1ccccc1)c1cc(-c3cccc(-c4nc5ccccc5c5nc6oc7ccccc7n6c45)c3)ccc1-2. The van der Waals surface area contributed by atoms with Crippen molar-refractivity contribution in [3.05, 3.63) is 198 Å². The molecule has 0 bridgehead atoms. The van der Waals surface area contributed by atoms with Crippen molar-refractivity contribution in [3.63, 3.8) is 0 Å². The number of nitriles is 1. The highest BCUT2D eigenvalue weighted by atomic mass is 16.4. The molecule has 5 nitrogen and oxygen atoms in total. The van der Waals surface area contributed by atoms with Crippen LogP contribution in [0.3, 0.4) is 0 Å². The molecule has 0 radical (unpaired) electrons. The molecular formula is C48H28N4O. The number of para-hydroxylation sites is 3. The lowest BCUT2D eigenvalue weighted by Gasteiger charge is -2.34. The highest BCUT2D eigenvalue weighted by molar-refractivity contribution is 6.10. The number of rotatable bonds is 4. The van der Waals surface area contributed by atoms with Crippen LogP contribution in [-0.2, 0) is 5.41 Å². The van der Waals surface area contributed by atoms with E-state index in [2.05, 4.69) is 138 Å². The van der Waals surface area contributed by atoms with Gasteiger partial charge in [-0.15, -0.1) is 0 Å². The van der Waals surface area contributed by atoms with Crippen LogP contribution in [-0.4, -0.2) is 14.4 Å². The molecule has 10 aromatic rings. The lowest BCUT2D eigenvalue weighted by molar-refractivity contribution is 0.643. The van der Waals surface area contributed by atoms with E-state index in [9.17, 15) is 5.26 Å². The van der Waals surface area contributed by atoms with Gasteiger partial charge < -0.3 is 4.42 Å². The fourth-order valence-electron chi connectivity index (χ4n) is 8.65. The van der Waals surface area contributed by atoms with Gasteiger partial charge in [0, 0.05) is 10.9 Å². The van der Waals surface area contributed by atoms with E-state index < -0.39 is 5.41 Å². The van der Waals surface area contributed by atoms with Crippen molar-refractivity contribution in [1.82, 2.24) is 14.4 Å². The zero-order chi connectivity index (χ0) is 35.1. The minimum absolute atomic E-state index is 0.549. The minimum Gasteiger partial charge on any atom is -0.423 e. The Hall–Kier alpha value is -7.29. The Balaban J connectivity index is 1.16. The van der Waals surface area contributed by atoms with Crippen molar-refractivity contribution in [2.45, 2.75) is 5.41 Å². The number of hydrogen-bond donors (Lipinski definition) is 0. The Morgan fingerprint density at radius 3 is 2.02 bits per heavy atom. The molecule has 0 spiro atoms. The summed E-state index contributed by atoms with van der Waals surface area (Å²) in [6.45, 7) is 0. The number of nitrogens with zero attached hydrogens (tertiary/aromatic N) is 4. The van der Waals surface area contributed by atoms with Crippen LogP contribution in [0.15, 0.2) is 174 Å². The van der Waals surface area contributed by atoms with E-state index in [-0.39, 0.29) is 0 Å². The van der Waals surface area contributed by atoms with Gasteiger partial charge in [0.15, 0.2) is 5.58 Å². The average molecular weight is 677 g/mol. The Morgan fingerprint density at radius 1 is 0.566 bits per heavy atom. The van der Waals surface area contributed by atoms with Gasteiger partial charge in [-0.1, -0.05) is 127 Å². The number of fused-ring (bicyclic) bond motifs is 10. The largest absolute Gasteiger partial charge is 0.423 e. The van der Waals surface area contributed by atoms with Gasteiger partial charge in [0.2, 0.25) is 0 Å². The van der Waals surface area contributed by atoms with Crippen LogP contribution in [0.5, 0.6) is 0 Å². The smallest absolute Gasteiger partial charge is 0.307 e. The van der Waals surface area contributed by atoms with E-state index in [1.807, 2.05) is 42.5 Å². The number of imidazole rings is 1. The Morgan fingerprint density at radius 2 is 1.23 bits per heavy atom. The predicted molar refractivity (Wildman–Crippen MR) is 211 cm³/mol. The van der Waals surface area contributed by atoms with Gasteiger partial charge in [0.05, 0.1) is 33.8 Å². The molecule has 0 aliphatic heterocycles. The molecule has 11 rings (SSSR count). The zero-order valence-electron chi connectivity index (χ0n) is 28.4. The second-order valence-electron chi connectivity index (χ2n) is 13.7. The van der Waals surface area contributed by atoms with Crippen molar-refractivity contribution >= 4 is 38.9 Å². The van der Waals surface area contributed by atoms with Crippen LogP contribution in [0.4, 0.5) is 0 Å². The van der Waals surface area contributed by atoms with Gasteiger partial charge in [-0.3, -0.25) is 4.40 Å². The molecular weight excluding hydrogens is 649 g/mol. The van der Waals surface area contributed by atoms with E-state index in [0.717, 1.165) is 77.7 Å². The molecule has 0 atom stereocenters. The quantitative estimate of drug-likeness (QED) is 0.186. The van der Waals surface area contributed by atoms with E-state index in [1.54, 1.807) is 0 Å². The maximum atomic E-state index is 10.1. The number of hydrogen-bond acceptors (Lipinski definition) is 4. The molecule has 1 aliphatic rings. The molecule has 0 fully saturated rings. The van der Waals surface area contributed by atoms with Gasteiger partial charge in [-0.2, -0.15) is 10.2 Å². The molecule has 53 heavy (non-hydrogen) atoms. The number of benzene rings is 7. The third-order valence-electron chi connectivity index (χ3n) is 10.9. The van der Waals surface area contributed by atoms with Crippen molar-refractivity contribution in [1.29, 1.82) is 5.26 Å². The fourth-order valence-corrected chi connectivity index (χ4v) is 8.65. The van der Waals surface area contributed by atoms with Crippen molar-refractivity contribution in [3.8, 4) is 39.6 Å². The number of aromatic nitrogens is 3. The molecule has 7 aromatic carbocycles.